The number of nitrogens with one attached hydrogen (secondary N) is 1. The van der Waals surface area contributed by atoms with Gasteiger partial charge in [-0.1, -0.05) is 31.5 Å². The van der Waals surface area contributed by atoms with Gasteiger partial charge in [0, 0.05) is 12.7 Å². The van der Waals surface area contributed by atoms with Crippen molar-refractivity contribution in [3.05, 3.63) is 60.2 Å². The number of nitrogens with zero attached hydrogens (tertiary/aromatic N) is 3. The number of carbonyl (C=O) groups excluding carboxylic acids is 1. The Morgan fingerprint density at radius 2 is 2.00 bits per heavy atom. The number of hydrogen-bond acceptors (Lipinski definition) is 3. The number of carbonyl (C=O) groups is 1. The zero-order valence-electron chi connectivity index (χ0n) is 14.1. The van der Waals surface area contributed by atoms with E-state index in [4.69, 9.17) is 4.98 Å². The maximum Gasteiger partial charge on any atom is 0.270 e. The first kappa shape index (κ1) is 16.2. The average Bonchev–Trinajstić information content (AvgIpc) is 2.99. The van der Waals surface area contributed by atoms with Crippen molar-refractivity contribution in [1.29, 1.82) is 0 Å². The van der Waals surface area contributed by atoms with Crippen molar-refractivity contribution >= 4 is 16.9 Å². The number of aromatic nitrogens is 3. The normalized spacial score (nSPS) is 12.2. The SMILES string of the molecule is CCCCn1c(C(C)NC(=O)c2ccccn2)nc2ccccc21. The molecule has 24 heavy (non-hydrogen) atoms. The summed E-state index contributed by atoms with van der Waals surface area (Å²) in [6, 6.07) is 13.2. The largest absolute Gasteiger partial charge is 0.341 e. The van der Waals surface area contributed by atoms with E-state index in [1.54, 1.807) is 18.3 Å². The van der Waals surface area contributed by atoms with Crippen molar-refractivity contribution in [2.45, 2.75) is 39.3 Å². The van der Waals surface area contributed by atoms with E-state index in [-0.39, 0.29) is 11.9 Å². The Bertz CT molecular complexity index is 826. The minimum atomic E-state index is -0.191. The van der Waals surface area contributed by atoms with Crippen LogP contribution in [0, 0.1) is 0 Å². The topological polar surface area (TPSA) is 59.8 Å². The van der Waals surface area contributed by atoms with Crippen molar-refractivity contribution in [3.8, 4) is 0 Å². The predicted octanol–water partition coefficient (Wildman–Crippen LogP) is 3.72. The van der Waals surface area contributed by atoms with E-state index in [1.165, 1.54) is 0 Å². The van der Waals surface area contributed by atoms with Crippen LogP contribution in [0.15, 0.2) is 48.7 Å². The van der Waals surface area contributed by atoms with Crippen molar-refractivity contribution in [2.75, 3.05) is 0 Å². The van der Waals surface area contributed by atoms with E-state index in [0.29, 0.717) is 5.69 Å². The molecule has 1 atom stereocenters. The quantitative estimate of drug-likeness (QED) is 0.752. The van der Waals surface area contributed by atoms with Crippen LogP contribution in [0.1, 0.15) is 49.0 Å². The second-order valence-electron chi connectivity index (χ2n) is 5.87. The van der Waals surface area contributed by atoms with E-state index >= 15 is 0 Å². The first-order valence-corrected chi connectivity index (χ1v) is 8.37. The summed E-state index contributed by atoms with van der Waals surface area (Å²) in [6.07, 6.45) is 3.81. The maximum atomic E-state index is 12.4. The predicted molar refractivity (Wildman–Crippen MR) is 94.8 cm³/mol. The zero-order chi connectivity index (χ0) is 16.9. The molecule has 0 aliphatic rings. The maximum absolute atomic E-state index is 12.4. The molecule has 2 heterocycles. The fraction of sp³-hybridized carbons (Fsp3) is 0.316. The highest BCUT2D eigenvalue weighted by molar-refractivity contribution is 5.92. The minimum absolute atomic E-state index is 0.183. The van der Waals surface area contributed by atoms with Gasteiger partial charge < -0.3 is 9.88 Å². The standard InChI is InChI=1S/C19H22N4O/c1-3-4-13-23-17-11-6-5-9-15(17)22-18(23)14(2)21-19(24)16-10-7-8-12-20-16/h5-12,14H,3-4,13H2,1-2H3,(H,21,24). The molecule has 2 aromatic heterocycles. The second-order valence-corrected chi connectivity index (χ2v) is 5.87. The first-order valence-electron chi connectivity index (χ1n) is 8.37. The number of imidazole rings is 1. The second kappa shape index (κ2) is 7.25. The van der Waals surface area contributed by atoms with E-state index in [0.717, 1.165) is 36.2 Å². The third-order valence-electron chi connectivity index (χ3n) is 4.05. The molecule has 1 N–H and O–H groups in total. The Hall–Kier alpha value is -2.69. The average molecular weight is 322 g/mol. The molecular weight excluding hydrogens is 300 g/mol. The molecule has 0 aliphatic carbocycles. The molecule has 0 fully saturated rings. The molecule has 1 amide bonds. The third kappa shape index (κ3) is 3.30. The highest BCUT2D eigenvalue weighted by Crippen LogP contribution is 2.21. The summed E-state index contributed by atoms with van der Waals surface area (Å²) in [5.41, 5.74) is 2.49. The molecule has 5 nitrogen and oxygen atoms in total. The summed E-state index contributed by atoms with van der Waals surface area (Å²) in [5, 5.41) is 3.01. The van der Waals surface area contributed by atoms with Gasteiger partial charge in [0.15, 0.2) is 0 Å². The number of para-hydroxylation sites is 2. The van der Waals surface area contributed by atoms with Crippen LogP contribution in [0.2, 0.25) is 0 Å². The van der Waals surface area contributed by atoms with E-state index in [1.807, 2.05) is 31.2 Å². The lowest BCUT2D eigenvalue weighted by molar-refractivity contribution is 0.0932. The lowest BCUT2D eigenvalue weighted by Gasteiger charge is -2.16. The Morgan fingerprint density at radius 3 is 2.75 bits per heavy atom. The lowest BCUT2D eigenvalue weighted by Crippen LogP contribution is -2.29. The third-order valence-corrected chi connectivity index (χ3v) is 4.05. The van der Waals surface area contributed by atoms with Gasteiger partial charge in [0.25, 0.3) is 5.91 Å². The monoisotopic (exact) mass is 322 g/mol. The van der Waals surface area contributed by atoms with Gasteiger partial charge in [-0.25, -0.2) is 4.98 Å². The number of aryl methyl sites for hydroxylation is 1. The minimum Gasteiger partial charge on any atom is -0.341 e. The molecule has 0 aliphatic heterocycles. The summed E-state index contributed by atoms with van der Waals surface area (Å²) in [6.45, 7) is 5.03. The van der Waals surface area contributed by atoms with Gasteiger partial charge in [-0.3, -0.25) is 9.78 Å². The Balaban J connectivity index is 1.88. The number of hydrogen-bond donors (Lipinski definition) is 1. The molecule has 5 heteroatoms. The van der Waals surface area contributed by atoms with Crippen LogP contribution < -0.4 is 5.32 Å². The molecule has 124 valence electrons. The highest BCUT2D eigenvalue weighted by atomic mass is 16.1. The molecule has 3 rings (SSSR count). The molecule has 1 unspecified atom stereocenters. The van der Waals surface area contributed by atoms with E-state index in [9.17, 15) is 4.79 Å². The van der Waals surface area contributed by atoms with Gasteiger partial charge >= 0.3 is 0 Å². The Labute approximate surface area is 141 Å². The molecule has 0 spiro atoms. The van der Waals surface area contributed by atoms with Crippen LogP contribution in [-0.2, 0) is 6.54 Å². The van der Waals surface area contributed by atoms with Gasteiger partial charge in [-0.05, 0) is 37.6 Å². The molecule has 0 saturated heterocycles. The zero-order valence-corrected chi connectivity index (χ0v) is 14.1. The number of rotatable bonds is 6. The van der Waals surface area contributed by atoms with Crippen molar-refractivity contribution in [2.24, 2.45) is 0 Å². The van der Waals surface area contributed by atoms with E-state index in [2.05, 4.69) is 27.9 Å². The fourth-order valence-electron chi connectivity index (χ4n) is 2.81. The van der Waals surface area contributed by atoms with Crippen molar-refractivity contribution in [3.63, 3.8) is 0 Å². The smallest absolute Gasteiger partial charge is 0.270 e. The van der Waals surface area contributed by atoms with Gasteiger partial charge in [0.05, 0.1) is 17.1 Å². The summed E-state index contributed by atoms with van der Waals surface area (Å²) in [4.78, 5) is 21.2. The van der Waals surface area contributed by atoms with Crippen LogP contribution in [-0.4, -0.2) is 20.4 Å². The van der Waals surface area contributed by atoms with Crippen LogP contribution >= 0.6 is 0 Å². The summed E-state index contributed by atoms with van der Waals surface area (Å²) < 4.78 is 2.21. The van der Waals surface area contributed by atoms with Gasteiger partial charge in [0.1, 0.15) is 11.5 Å². The van der Waals surface area contributed by atoms with E-state index < -0.39 is 0 Å². The first-order chi connectivity index (χ1) is 11.7. The van der Waals surface area contributed by atoms with Crippen LogP contribution in [0.4, 0.5) is 0 Å². The number of unbranched alkanes of at least 4 members (excludes halogenated alkanes) is 1. The van der Waals surface area contributed by atoms with Crippen LogP contribution in [0.5, 0.6) is 0 Å². The fourth-order valence-corrected chi connectivity index (χ4v) is 2.81. The summed E-state index contributed by atoms with van der Waals surface area (Å²) in [7, 11) is 0. The molecule has 0 bridgehead atoms. The molecule has 0 radical (unpaired) electrons. The summed E-state index contributed by atoms with van der Waals surface area (Å²) >= 11 is 0. The van der Waals surface area contributed by atoms with Crippen molar-refractivity contribution in [1.82, 2.24) is 19.9 Å². The van der Waals surface area contributed by atoms with Crippen molar-refractivity contribution < 1.29 is 4.79 Å². The Morgan fingerprint density at radius 1 is 1.21 bits per heavy atom. The van der Waals surface area contributed by atoms with Crippen LogP contribution in [0.3, 0.4) is 0 Å². The highest BCUT2D eigenvalue weighted by Gasteiger charge is 2.19. The number of amides is 1. The number of pyridine rings is 1. The molecule has 1 aromatic carbocycles. The Kier molecular flexibility index (Phi) is 4.89. The molecule has 3 aromatic rings. The lowest BCUT2D eigenvalue weighted by atomic mass is 10.2. The van der Waals surface area contributed by atoms with Gasteiger partial charge in [-0.2, -0.15) is 0 Å². The molecular formula is C19H22N4O. The van der Waals surface area contributed by atoms with Gasteiger partial charge in [0.2, 0.25) is 0 Å². The van der Waals surface area contributed by atoms with Crippen LogP contribution in [0.25, 0.3) is 11.0 Å². The summed E-state index contributed by atoms with van der Waals surface area (Å²) in [5.74, 6) is 0.700. The molecule has 0 saturated carbocycles. The van der Waals surface area contributed by atoms with Gasteiger partial charge in [-0.15, -0.1) is 0 Å². The number of benzene rings is 1. The number of fused-ring (bicyclic) bond motifs is 1.